The third-order valence-corrected chi connectivity index (χ3v) is 2.45. The number of esters is 1. The molecule has 1 atom stereocenters. The maximum absolute atomic E-state index is 11.8. The van der Waals surface area contributed by atoms with Crippen LogP contribution in [0.3, 0.4) is 0 Å². The van der Waals surface area contributed by atoms with Gasteiger partial charge in [0.05, 0.1) is 5.56 Å². The average molecular weight is 227 g/mol. The normalized spacial score (nSPS) is 11.8. The molecule has 2 aromatic rings. The van der Waals surface area contributed by atoms with Crippen LogP contribution in [0.25, 0.3) is 0 Å². The minimum Gasteiger partial charge on any atom is -0.454 e. The van der Waals surface area contributed by atoms with Crippen molar-refractivity contribution in [2.24, 2.45) is 0 Å². The zero-order chi connectivity index (χ0) is 12.1. The van der Waals surface area contributed by atoms with E-state index in [2.05, 4.69) is 4.98 Å². The topological polar surface area (TPSA) is 39.2 Å². The number of carbonyl (C=O) groups excluding carboxylic acids is 1. The lowest BCUT2D eigenvalue weighted by molar-refractivity contribution is 0.0337. The van der Waals surface area contributed by atoms with Gasteiger partial charge in [0.1, 0.15) is 6.10 Å². The Balaban J connectivity index is 2.05. The first-order valence-corrected chi connectivity index (χ1v) is 5.43. The maximum atomic E-state index is 11.8. The summed E-state index contributed by atoms with van der Waals surface area (Å²) in [5, 5.41) is 0. The molecule has 86 valence electrons. The summed E-state index contributed by atoms with van der Waals surface area (Å²) >= 11 is 0. The zero-order valence-electron chi connectivity index (χ0n) is 9.54. The number of rotatable bonds is 3. The quantitative estimate of drug-likeness (QED) is 0.757. The van der Waals surface area contributed by atoms with Gasteiger partial charge in [-0.05, 0) is 25.1 Å². The molecular weight excluding hydrogens is 214 g/mol. The monoisotopic (exact) mass is 227 g/mol. The van der Waals surface area contributed by atoms with E-state index in [4.69, 9.17) is 4.74 Å². The minimum absolute atomic E-state index is 0.295. The van der Waals surface area contributed by atoms with E-state index in [0.717, 1.165) is 5.56 Å². The van der Waals surface area contributed by atoms with Crippen molar-refractivity contribution in [1.82, 2.24) is 4.98 Å². The van der Waals surface area contributed by atoms with Crippen LogP contribution in [-0.2, 0) is 4.74 Å². The molecule has 0 amide bonds. The molecule has 0 saturated carbocycles. The molecule has 0 fully saturated rings. The number of nitrogens with zero attached hydrogens (tertiary/aromatic N) is 1. The molecule has 0 N–H and O–H groups in total. The fourth-order valence-corrected chi connectivity index (χ4v) is 1.49. The van der Waals surface area contributed by atoms with Crippen LogP contribution in [0.5, 0.6) is 0 Å². The van der Waals surface area contributed by atoms with Crippen LogP contribution in [0.4, 0.5) is 0 Å². The second-order valence-corrected chi connectivity index (χ2v) is 3.70. The Morgan fingerprint density at radius 3 is 2.59 bits per heavy atom. The van der Waals surface area contributed by atoms with Crippen molar-refractivity contribution in [2.75, 3.05) is 0 Å². The van der Waals surface area contributed by atoms with Crippen LogP contribution in [0.1, 0.15) is 28.9 Å². The first-order chi connectivity index (χ1) is 8.27. The van der Waals surface area contributed by atoms with E-state index in [1.54, 1.807) is 24.5 Å². The standard InChI is InChI=1S/C14H13NO2/c1-11(13-8-5-9-15-10-13)17-14(16)12-6-3-2-4-7-12/h2-11H,1H3. The second-order valence-electron chi connectivity index (χ2n) is 3.70. The highest BCUT2D eigenvalue weighted by Crippen LogP contribution is 2.17. The Kier molecular flexibility index (Phi) is 3.50. The molecule has 0 aliphatic heterocycles. The third kappa shape index (κ3) is 2.91. The van der Waals surface area contributed by atoms with Gasteiger partial charge in [-0.2, -0.15) is 0 Å². The molecule has 1 aromatic heterocycles. The lowest BCUT2D eigenvalue weighted by Gasteiger charge is -2.12. The van der Waals surface area contributed by atoms with Crippen LogP contribution in [0, 0.1) is 0 Å². The van der Waals surface area contributed by atoms with E-state index in [1.165, 1.54) is 0 Å². The fourth-order valence-electron chi connectivity index (χ4n) is 1.49. The Morgan fingerprint density at radius 2 is 1.94 bits per heavy atom. The fraction of sp³-hybridized carbons (Fsp3) is 0.143. The summed E-state index contributed by atoms with van der Waals surface area (Å²) in [7, 11) is 0. The number of benzene rings is 1. The molecule has 17 heavy (non-hydrogen) atoms. The molecule has 1 unspecified atom stereocenters. The van der Waals surface area contributed by atoms with E-state index >= 15 is 0 Å². The van der Waals surface area contributed by atoms with Gasteiger partial charge in [0.15, 0.2) is 0 Å². The Bertz CT molecular complexity index is 482. The van der Waals surface area contributed by atoms with Crippen molar-refractivity contribution in [3.05, 3.63) is 66.0 Å². The maximum Gasteiger partial charge on any atom is 0.338 e. The first kappa shape index (κ1) is 11.3. The average Bonchev–Trinajstić information content (AvgIpc) is 2.40. The van der Waals surface area contributed by atoms with Crippen LogP contribution in [0.15, 0.2) is 54.9 Å². The number of carbonyl (C=O) groups is 1. The molecule has 1 heterocycles. The van der Waals surface area contributed by atoms with E-state index in [1.807, 2.05) is 37.3 Å². The van der Waals surface area contributed by atoms with E-state index in [9.17, 15) is 4.79 Å². The van der Waals surface area contributed by atoms with Gasteiger partial charge in [-0.1, -0.05) is 24.3 Å². The zero-order valence-corrected chi connectivity index (χ0v) is 9.54. The van der Waals surface area contributed by atoms with Crippen LogP contribution < -0.4 is 0 Å². The summed E-state index contributed by atoms with van der Waals surface area (Å²) in [4.78, 5) is 15.8. The molecule has 0 saturated heterocycles. The number of pyridine rings is 1. The Morgan fingerprint density at radius 1 is 1.18 bits per heavy atom. The smallest absolute Gasteiger partial charge is 0.338 e. The molecule has 3 heteroatoms. The SMILES string of the molecule is CC(OC(=O)c1ccccc1)c1cccnc1. The van der Waals surface area contributed by atoms with Gasteiger partial charge in [0, 0.05) is 18.0 Å². The summed E-state index contributed by atoms with van der Waals surface area (Å²) in [6.45, 7) is 1.83. The van der Waals surface area contributed by atoms with Crippen LogP contribution in [-0.4, -0.2) is 11.0 Å². The van der Waals surface area contributed by atoms with Gasteiger partial charge < -0.3 is 4.74 Å². The highest BCUT2D eigenvalue weighted by atomic mass is 16.5. The van der Waals surface area contributed by atoms with Gasteiger partial charge in [-0.15, -0.1) is 0 Å². The number of aromatic nitrogens is 1. The minimum atomic E-state index is -0.318. The van der Waals surface area contributed by atoms with Gasteiger partial charge >= 0.3 is 5.97 Å². The predicted octanol–water partition coefficient (Wildman–Crippen LogP) is 3.00. The van der Waals surface area contributed by atoms with E-state index in [0.29, 0.717) is 5.56 Å². The summed E-state index contributed by atoms with van der Waals surface area (Å²) in [5.74, 6) is -0.318. The second kappa shape index (κ2) is 5.25. The summed E-state index contributed by atoms with van der Waals surface area (Å²) in [6.07, 6.45) is 3.09. The van der Waals surface area contributed by atoms with Crippen molar-refractivity contribution in [3.63, 3.8) is 0 Å². The molecule has 0 bridgehead atoms. The number of ether oxygens (including phenoxy) is 1. The van der Waals surface area contributed by atoms with Crippen molar-refractivity contribution < 1.29 is 9.53 Å². The Hall–Kier alpha value is -2.16. The van der Waals surface area contributed by atoms with Crippen molar-refractivity contribution in [1.29, 1.82) is 0 Å². The molecule has 1 aromatic carbocycles. The van der Waals surface area contributed by atoms with Crippen LogP contribution in [0.2, 0.25) is 0 Å². The molecule has 0 aliphatic rings. The van der Waals surface area contributed by atoms with Gasteiger partial charge in [0.2, 0.25) is 0 Å². The third-order valence-electron chi connectivity index (χ3n) is 2.45. The van der Waals surface area contributed by atoms with Gasteiger partial charge in [-0.25, -0.2) is 4.79 Å². The lowest BCUT2D eigenvalue weighted by atomic mass is 10.2. The highest BCUT2D eigenvalue weighted by Gasteiger charge is 2.12. The molecular formula is C14H13NO2. The van der Waals surface area contributed by atoms with E-state index < -0.39 is 0 Å². The van der Waals surface area contributed by atoms with E-state index in [-0.39, 0.29) is 12.1 Å². The molecule has 0 spiro atoms. The molecule has 0 radical (unpaired) electrons. The lowest BCUT2D eigenvalue weighted by Crippen LogP contribution is -2.09. The number of hydrogen-bond acceptors (Lipinski definition) is 3. The summed E-state index contributed by atoms with van der Waals surface area (Å²) in [6, 6.07) is 12.7. The molecule has 2 rings (SSSR count). The highest BCUT2D eigenvalue weighted by molar-refractivity contribution is 5.89. The van der Waals surface area contributed by atoms with Crippen molar-refractivity contribution in [2.45, 2.75) is 13.0 Å². The molecule has 3 nitrogen and oxygen atoms in total. The van der Waals surface area contributed by atoms with Crippen molar-refractivity contribution in [3.8, 4) is 0 Å². The van der Waals surface area contributed by atoms with Gasteiger partial charge in [0.25, 0.3) is 0 Å². The predicted molar refractivity (Wildman–Crippen MR) is 64.5 cm³/mol. The van der Waals surface area contributed by atoms with Crippen molar-refractivity contribution >= 4 is 5.97 Å². The molecule has 0 aliphatic carbocycles. The number of hydrogen-bond donors (Lipinski definition) is 0. The summed E-state index contributed by atoms with van der Waals surface area (Å²) in [5.41, 5.74) is 1.44. The summed E-state index contributed by atoms with van der Waals surface area (Å²) < 4.78 is 5.34. The first-order valence-electron chi connectivity index (χ1n) is 5.43. The van der Waals surface area contributed by atoms with Crippen LogP contribution >= 0.6 is 0 Å². The Labute approximate surface area is 100 Å². The van der Waals surface area contributed by atoms with Gasteiger partial charge in [-0.3, -0.25) is 4.98 Å². The largest absolute Gasteiger partial charge is 0.454 e.